The lowest BCUT2D eigenvalue weighted by atomic mass is 10.1. The van der Waals surface area contributed by atoms with E-state index in [0.29, 0.717) is 22.4 Å². The molecule has 36 heavy (non-hydrogen) atoms. The van der Waals surface area contributed by atoms with Crippen LogP contribution in [-0.4, -0.2) is 50.0 Å². The van der Waals surface area contributed by atoms with Crippen LogP contribution in [0, 0.1) is 0 Å². The summed E-state index contributed by atoms with van der Waals surface area (Å²) in [6.45, 7) is 4.30. The third-order valence-electron chi connectivity index (χ3n) is 5.59. The van der Waals surface area contributed by atoms with Crippen LogP contribution in [-0.2, 0) is 32.3 Å². The minimum Gasteiger partial charge on any atom is -0.352 e. The lowest BCUT2D eigenvalue weighted by Crippen LogP contribution is -2.52. The van der Waals surface area contributed by atoms with Gasteiger partial charge in [0.15, 0.2) is 0 Å². The first-order valence-corrected chi connectivity index (χ1v) is 13.4. The molecule has 2 aromatic carbocycles. The highest BCUT2D eigenvalue weighted by Gasteiger charge is 2.34. The van der Waals surface area contributed by atoms with Crippen molar-refractivity contribution < 1.29 is 31.2 Å². The van der Waals surface area contributed by atoms with Gasteiger partial charge in [-0.15, -0.1) is 0 Å². The van der Waals surface area contributed by atoms with Crippen LogP contribution in [0.3, 0.4) is 0 Å². The predicted octanol–water partition coefficient (Wildman–Crippen LogP) is 4.46. The Balaban J connectivity index is 2.47. The summed E-state index contributed by atoms with van der Waals surface area (Å²) in [7, 11) is -4.24. The number of hydrogen-bond donors (Lipinski definition) is 1. The topological polar surface area (TPSA) is 86.8 Å². The molecule has 0 unspecified atom stereocenters. The average Bonchev–Trinajstić information content (AvgIpc) is 2.80. The van der Waals surface area contributed by atoms with Gasteiger partial charge in [-0.3, -0.25) is 13.9 Å². The highest BCUT2D eigenvalue weighted by Crippen LogP contribution is 2.36. The second-order valence-corrected chi connectivity index (χ2v) is 10.7. The Bertz CT molecular complexity index is 1180. The molecule has 2 atom stereocenters. The zero-order valence-electron chi connectivity index (χ0n) is 20.3. The number of carbonyl (C=O) groups is 2. The van der Waals surface area contributed by atoms with E-state index in [1.807, 2.05) is 6.92 Å². The number of nitrogens with one attached hydrogen (secondary N) is 1. The summed E-state index contributed by atoms with van der Waals surface area (Å²) in [6.07, 6.45) is -3.34. The third-order valence-corrected chi connectivity index (χ3v) is 7.03. The molecular formula is C24H29ClF3N3O4S. The quantitative estimate of drug-likeness (QED) is 0.476. The highest BCUT2D eigenvalue weighted by molar-refractivity contribution is 7.92. The van der Waals surface area contributed by atoms with Crippen LogP contribution in [0.4, 0.5) is 18.9 Å². The summed E-state index contributed by atoms with van der Waals surface area (Å²) in [5, 5.41) is 2.51. The van der Waals surface area contributed by atoms with Crippen LogP contribution in [0.1, 0.15) is 38.3 Å². The maximum Gasteiger partial charge on any atom is 0.416 e. The minimum atomic E-state index is -4.76. The van der Waals surface area contributed by atoms with Crippen LogP contribution >= 0.6 is 11.6 Å². The molecule has 0 aliphatic heterocycles. The molecule has 0 heterocycles. The molecule has 0 aliphatic rings. The van der Waals surface area contributed by atoms with E-state index >= 15 is 0 Å². The van der Waals surface area contributed by atoms with Gasteiger partial charge < -0.3 is 10.2 Å². The largest absolute Gasteiger partial charge is 0.416 e. The molecule has 2 rings (SSSR count). The second-order valence-electron chi connectivity index (χ2n) is 8.43. The van der Waals surface area contributed by atoms with E-state index in [1.165, 1.54) is 11.8 Å². The van der Waals surface area contributed by atoms with Crippen molar-refractivity contribution in [3.8, 4) is 0 Å². The number of amides is 2. The lowest BCUT2D eigenvalue weighted by molar-refractivity contribution is -0.139. The lowest BCUT2D eigenvalue weighted by Gasteiger charge is -2.32. The molecule has 2 aromatic rings. The van der Waals surface area contributed by atoms with Gasteiger partial charge in [-0.05, 0) is 44.0 Å². The molecule has 0 saturated heterocycles. The second kappa shape index (κ2) is 12.0. The van der Waals surface area contributed by atoms with Crippen LogP contribution < -0.4 is 9.62 Å². The molecule has 0 fully saturated rings. The monoisotopic (exact) mass is 547 g/mol. The Labute approximate surface area is 214 Å². The van der Waals surface area contributed by atoms with Crippen LogP contribution in [0.5, 0.6) is 0 Å². The molecule has 0 radical (unpaired) electrons. The van der Waals surface area contributed by atoms with E-state index in [4.69, 9.17) is 11.6 Å². The number of anilines is 1. The number of halogens is 4. The van der Waals surface area contributed by atoms with Crippen molar-refractivity contribution >= 4 is 39.1 Å². The molecule has 0 aliphatic carbocycles. The molecule has 2 amide bonds. The Morgan fingerprint density at radius 3 is 2.22 bits per heavy atom. The van der Waals surface area contributed by atoms with Gasteiger partial charge in [-0.25, -0.2) is 8.42 Å². The fourth-order valence-electron chi connectivity index (χ4n) is 3.30. The van der Waals surface area contributed by atoms with E-state index in [-0.39, 0.29) is 17.6 Å². The van der Waals surface area contributed by atoms with Gasteiger partial charge in [-0.1, -0.05) is 48.9 Å². The molecule has 0 spiro atoms. The Hall–Kier alpha value is -2.79. The van der Waals surface area contributed by atoms with E-state index < -0.39 is 51.9 Å². The van der Waals surface area contributed by atoms with Crippen molar-refractivity contribution in [1.29, 1.82) is 0 Å². The first kappa shape index (κ1) is 29.4. The smallest absolute Gasteiger partial charge is 0.352 e. The number of benzene rings is 2. The van der Waals surface area contributed by atoms with Gasteiger partial charge in [0.2, 0.25) is 21.8 Å². The maximum absolute atomic E-state index is 13.4. The summed E-state index contributed by atoms with van der Waals surface area (Å²) in [5.74, 6) is -1.24. The van der Waals surface area contributed by atoms with Crippen molar-refractivity contribution in [3.05, 3.63) is 64.7 Å². The number of nitrogens with zero attached hydrogens (tertiary/aromatic N) is 2. The fraction of sp³-hybridized carbons (Fsp3) is 0.417. The standard InChI is InChI=1S/C24H29ClF3N3O4S/c1-5-16(2)29-23(33)17(3)30(14-18-9-7-6-8-10-18)22(32)15-31(36(4,34)35)21-13-19(24(26,27)28)11-12-20(21)25/h6-13,16-17H,5,14-15H2,1-4H3,(H,29,33)/t16-,17+/m1/s1. The molecular weight excluding hydrogens is 519 g/mol. The number of hydrogen-bond acceptors (Lipinski definition) is 4. The Kier molecular flexibility index (Phi) is 9.78. The van der Waals surface area contributed by atoms with Crippen LogP contribution in [0.2, 0.25) is 5.02 Å². The van der Waals surface area contributed by atoms with Gasteiger partial charge in [-0.2, -0.15) is 13.2 Å². The first-order valence-electron chi connectivity index (χ1n) is 11.1. The Morgan fingerprint density at radius 2 is 1.69 bits per heavy atom. The van der Waals surface area contributed by atoms with Crippen molar-refractivity contribution in [2.45, 2.75) is 52.0 Å². The Morgan fingerprint density at radius 1 is 1.08 bits per heavy atom. The molecule has 1 N–H and O–H groups in total. The van der Waals surface area contributed by atoms with Gasteiger partial charge in [0.25, 0.3) is 0 Å². The number of carbonyl (C=O) groups excluding carboxylic acids is 2. The van der Waals surface area contributed by atoms with E-state index in [2.05, 4.69) is 5.32 Å². The van der Waals surface area contributed by atoms with E-state index in [9.17, 15) is 31.2 Å². The number of alkyl halides is 3. The molecule has 0 saturated carbocycles. The summed E-state index contributed by atoms with van der Waals surface area (Å²) in [4.78, 5) is 27.5. The van der Waals surface area contributed by atoms with Crippen LogP contribution in [0.15, 0.2) is 48.5 Å². The number of rotatable bonds is 10. The number of sulfonamides is 1. The van der Waals surface area contributed by atoms with Gasteiger partial charge >= 0.3 is 6.18 Å². The van der Waals surface area contributed by atoms with Gasteiger partial charge in [0, 0.05) is 12.6 Å². The molecule has 0 bridgehead atoms. The van der Waals surface area contributed by atoms with E-state index in [0.717, 1.165) is 18.4 Å². The summed E-state index contributed by atoms with van der Waals surface area (Å²) < 4.78 is 65.6. The summed E-state index contributed by atoms with van der Waals surface area (Å²) >= 11 is 6.06. The predicted molar refractivity (Wildman–Crippen MR) is 133 cm³/mol. The fourth-order valence-corrected chi connectivity index (χ4v) is 4.43. The summed E-state index contributed by atoms with van der Waals surface area (Å²) in [6, 6.07) is 9.79. The van der Waals surface area contributed by atoms with Crippen molar-refractivity contribution in [3.63, 3.8) is 0 Å². The van der Waals surface area contributed by atoms with Crippen molar-refractivity contribution in [2.24, 2.45) is 0 Å². The van der Waals surface area contributed by atoms with Gasteiger partial charge in [0.1, 0.15) is 12.6 Å². The molecule has 7 nitrogen and oxygen atoms in total. The zero-order chi connectivity index (χ0) is 27.3. The first-order chi connectivity index (χ1) is 16.6. The zero-order valence-corrected chi connectivity index (χ0v) is 21.9. The molecule has 12 heteroatoms. The van der Waals surface area contributed by atoms with Gasteiger partial charge in [0.05, 0.1) is 22.5 Å². The normalized spacial score (nSPS) is 13.6. The highest BCUT2D eigenvalue weighted by atomic mass is 35.5. The summed E-state index contributed by atoms with van der Waals surface area (Å²) in [5.41, 5.74) is -0.929. The average molecular weight is 548 g/mol. The van der Waals surface area contributed by atoms with Crippen molar-refractivity contribution in [2.75, 3.05) is 17.1 Å². The van der Waals surface area contributed by atoms with Crippen molar-refractivity contribution in [1.82, 2.24) is 10.2 Å². The molecule has 0 aromatic heterocycles. The van der Waals surface area contributed by atoms with Crippen LogP contribution in [0.25, 0.3) is 0 Å². The molecule has 198 valence electrons. The maximum atomic E-state index is 13.4. The van der Waals surface area contributed by atoms with E-state index in [1.54, 1.807) is 37.3 Å². The third kappa shape index (κ3) is 7.86. The minimum absolute atomic E-state index is 0.0251. The SMILES string of the molecule is CC[C@@H](C)NC(=O)[C@H](C)N(Cc1ccccc1)C(=O)CN(c1cc(C(F)(F)F)ccc1Cl)S(C)(=O)=O.